The maximum atomic E-state index is 12.7. The standard InChI is InChI=1S/C26H29F3N6O5S/c1-16(31-13-24(36)34-8-7-23(30)32-15-34)9-17-5-6-21-19(10-17)12-22(25(37)38)35(21)14-18-3-2-4-20(11-18)41(39,40)33-26(27,28)29/h2-8,10-12,16,24,31,33,36H,9,13-15H2,1H3,(H2,30,32)(H,37,38). The average Bonchev–Trinajstić information content (AvgIpc) is 3.24. The van der Waals surface area contributed by atoms with E-state index in [9.17, 15) is 36.6 Å². The second-order valence-electron chi connectivity index (χ2n) is 9.61. The molecule has 41 heavy (non-hydrogen) atoms. The van der Waals surface area contributed by atoms with Crippen LogP contribution in [0.4, 0.5) is 13.2 Å². The molecule has 0 fully saturated rings. The van der Waals surface area contributed by atoms with Gasteiger partial charge < -0.3 is 30.7 Å². The molecule has 6 N–H and O–H groups in total. The van der Waals surface area contributed by atoms with E-state index in [0.717, 1.165) is 17.7 Å². The van der Waals surface area contributed by atoms with Crippen molar-refractivity contribution >= 4 is 32.7 Å². The molecule has 2 heterocycles. The first-order valence-corrected chi connectivity index (χ1v) is 13.9. The van der Waals surface area contributed by atoms with E-state index in [1.807, 2.05) is 19.1 Å². The van der Waals surface area contributed by atoms with Crippen LogP contribution in [0.1, 0.15) is 28.5 Å². The Morgan fingerprint density at radius 1 is 1.17 bits per heavy atom. The molecule has 2 aromatic carbocycles. The molecule has 0 spiro atoms. The van der Waals surface area contributed by atoms with Gasteiger partial charge in [0, 0.05) is 36.2 Å². The van der Waals surface area contributed by atoms with Crippen LogP contribution in [0.2, 0.25) is 0 Å². The topological polar surface area (TPSA) is 162 Å². The van der Waals surface area contributed by atoms with Crippen LogP contribution in [0.3, 0.4) is 0 Å². The number of nitrogens with zero attached hydrogens (tertiary/aromatic N) is 3. The third-order valence-electron chi connectivity index (χ3n) is 6.41. The first-order chi connectivity index (χ1) is 19.2. The molecule has 1 aliphatic rings. The Morgan fingerprint density at radius 3 is 2.59 bits per heavy atom. The number of amidine groups is 1. The minimum absolute atomic E-state index is 0.0412. The maximum Gasteiger partial charge on any atom is 0.470 e. The molecule has 0 bridgehead atoms. The van der Waals surface area contributed by atoms with Crippen molar-refractivity contribution in [2.24, 2.45) is 10.7 Å². The van der Waals surface area contributed by atoms with E-state index in [1.165, 1.54) is 22.8 Å². The number of fused-ring (bicyclic) bond motifs is 1. The second kappa shape index (κ2) is 11.9. The van der Waals surface area contributed by atoms with Crippen molar-refractivity contribution in [2.45, 2.75) is 43.4 Å². The van der Waals surface area contributed by atoms with E-state index in [0.29, 0.717) is 33.4 Å². The van der Waals surface area contributed by atoms with E-state index >= 15 is 0 Å². The zero-order valence-corrected chi connectivity index (χ0v) is 22.7. The molecule has 0 saturated carbocycles. The number of aliphatic imine (C=N–C) groups is 1. The number of halogens is 3. The van der Waals surface area contributed by atoms with E-state index < -0.39 is 33.4 Å². The number of aliphatic hydroxyl groups excluding tert-OH is 1. The molecule has 15 heteroatoms. The summed E-state index contributed by atoms with van der Waals surface area (Å²) in [5.74, 6) is -0.822. The van der Waals surface area contributed by atoms with Crippen LogP contribution in [0.25, 0.3) is 10.9 Å². The number of nitrogens with one attached hydrogen (secondary N) is 2. The molecule has 0 aliphatic carbocycles. The molecule has 0 radical (unpaired) electrons. The van der Waals surface area contributed by atoms with E-state index in [1.54, 1.807) is 23.2 Å². The quantitative estimate of drug-likeness (QED) is 0.211. The molecular formula is C26H29F3N6O5S. The lowest BCUT2D eigenvalue weighted by molar-refractivity contribution is -0.138. The van der Waals surface area contributed by atoms with Gasteiger partial charge in [-0.05, 0) is 60.9 Å². The smallest absolute Gasteiger partial charge is 0.470 e. The van der Waals surface area contributed by atoms with Gasteiger partial charge in [0.15, 0.2) is 0 Å². The Balaban J connectivity index is 1.49. The van der Waals surface area contributed by atoms with Crippen molar-refractivity contribution in [1.82, 2.24) is 19.5 Å². The number of benzene rings is 2. The Morgan fingerprint density at radius 2 is 1.93 bits per heavy atom. The van der Waals surface area contributed by atoms with E-state index in [2.05, 4.69) is 10.3 Å². The number of aliphatic hydroxyl groups is 1. The Bertz CT molecular complexity index is 1600. The predicted octanol–water partition coefficient (Wildman–Crippen LogP) is 2.17. The summed E-state index contributed by atoms with van der Waals surface area (Å²) >= 11 is 0. The van der Waals surface area contributed by atoms with Gasteiger partial charge in [-0.3, -0.25) is 0 Å². The lowest BCUT2D eigenvalue weighted by atomic mass is 10.1. The van der Waals surface area contributed by atoms with Crippen LogP contribution in [0.15, 0.2) is 70.7 Å². The first kappa shape index (κ1) is 30.0. The SMILES string of the molecule is CC(Cc1ccc2c(c1)cc(C(=O)O)n2Cc1cccc(S(=O)(=O)NC(F)(F)F)c1)NCC(O)N1C=CC(N)=NC1. The number of carboxylic acids is 1. The van der Waals surface area contributed by atoms with Crippen LogP contribution in [0.5, 0.6) is 0 Å². The first-order valence-electron chi connectivity index (χ1n) is 12.4. The highest BCUT2D eigenvalue weighted by Crippen LogP contribution is 2.25. The van der Waals surface area contributed by atoms with Gasteiger partial charge in [0.25, 0.3) is 0 Å². The third kappa shape index (κ3) is 7.64. The van der Waals surface area contributed by atoms with Gasteiger partial charge in [-0.25, -0.2) is 18.2 Å². The lowest BCUT2D eigenvalue weighted by Crippen LogP contribution is -2.44. The largest absolute Gasteiger partial charge is 0.477 e. The van der Waals surface area contributed by atoms with Crippen LogP contribution in [0, 0.1) is 0 Å². The van der Waals surface area contributed by atoms with Crippen molar-refractivity contribution in [3.63, 3.8) is 0 Å². The summed E-state index contributed by atoms with van der Waals surface area (Å²) in [6, 6.07) is 11.8. The monoisotopic (exact) mass is 594 g/mol. The van der Waals surface area contributed by atoms with Crippen LogP contribution in [-0.2, 0) is 23.0 Å². The van der Waals surface area contributed by atoms with Crippen molar-refractivity contribution in [2.75, 3.05) is 13.2 Å². The molecule has 2 atom stereocenters. The van der Waals surface area contributed by atoms with Crippen molar-refractivity contribution in [1.29, 1.82) is 0 Å². The van der Waals surface area contributed by atoms with E-state index in [-0.39, 0.29) is 31.5 Å². The number of hydrogen-bond acceptors (Lipinski definition) is 8. The summed E-state index contributed by atoms with van der Waals surface area (Å²) < 4.78 is 64.3. The van der Waals surface area contributed by atoms with Crippen molar-refractivity contribution in [3.05, 3.63) is 77.6 Å². The molecule has 3 aromatic rings. The number of sulfonamides is 1. The fraction of sp³-hybridized carbons (Fsp3) is 0.308. The van der Waals surface area contributed by atoms with Crippen molar-refractivity contribution < 1.29 is 36.6 Å². The molecule has 4 rings (SSSR count). The second-order valence-corrected chi connectivity index (χ2v) is 11.3. The normalized spacial score (nSPS) is 15.6. The van der Waals surface area contributed by atoms with Crippen LogP contribution in [-0.4, -0.2) is 71.7 Å². The van der Waals surface area contributed by atoms with Crippen LogP contribution < -0.4 is 15.8 Å². The van der Waals surface area contributed by atoms with E-state index in [4.69, 9.17) is 5.73 Å². The Kier molecular flexibility index (Phi) is 8.72. The molecular weight excluding hydrogens is 565 g/mol. The van der Waals surface area contributed by atoms with Gasteiger partial charge in [0.1, 0.15) is 24.4 Å². The highest BCUT2D eigenvalue weighted by molar-refractivity contribution is 7.89. The summed E-state index contributed by atoms with van der Waals surface area (Å²) in [5, 5.41) is 24.1. The Labute approximate surface area is 233 Å². The maximum absolute atomic E-state index is 12.7. The summed E-state index contributed by atoms with van der Waals surface area (Å²) in [6.45, 7) is 2.39. The van der Waals surface area contributed by atoms with Gasteiger partial charge in [0.2, 0.25) is 10.0 Å². The fourth-order valence-corrected chi connectivity index (χ4v) is 5.46. The molecule has 0 saturated heterocycles. The van der Waals surface area contributed by atoms with Gasteiger partial charge in [-0.1, -0.05) is 18.2 Å². The molecule has 1 aromatic heterocycles. The zero-order chi connectivity index (χ0) is 29.9. The minimum Gasteiger partial charge on any atom is -0.477 e. The number of carboxylic acid groups (broad SMARTS) is 1. The Hall–Kier alpha value is -3.92. The lowest BCUT2D eigenvalue weighted by Gasteiger charge is -2.28. The number of nitrogens with two attached hydrogens (primary N) is 1. The van der Waals surface area contributed by atoms with Crippen LogP contribution >= 0.6 is 0 Å². The minimum atomic E-state index is -5.14. The molecule has 0 amide bonds. The number of carbonyl (C=O) groups is 1. The number of aromatic nitrogens is 1. The molecule has 1 aliphatic heterocycles. The highest BCUT2D eigenvalue weighted by Gasteiger charge is 2.35. The summed E-state index contributed by atoms with van der Waals surface area (Å²) in [6.07, 6.45) is -2.10. The van der Waals surface area contributed by atoms with Gasteiger partial charge in [0.05, 0.1) is 4.90 Å². The third-order valence-corrected chi connectivity index (χ3v) is 7.79. The number of alkyl halides is 3. The van der Waals surface area contributed by atoms with Gasteiger partial charge >= 0.3 is 12.3 Å². The van der Waals surface area contributed by atoms with Crippen molar-refractivity contribution in [3.8, 4) is 0 Å². The summed E-state index contributed by atoms with van der Waals surface area (Å²) in [4.78, 5) is 17.1. The summed E-state index contributed by atoms with van der Waals surface area (Å²) in [7, 11) is -4.86. The molecule has 11 nitrogen and oxygen atoms in total. The molecule has 2 unspecified atom stereocenters. The number of rotatable bonds is 11. The average molecular weight is 595 g/mol. The number of hydrogen-bond donors (Lipinski definition) is 5. The van der Waals surface area contributed by atoms with Gasteiger partial charge in [-0.2, -0.15) is 13.2 Å². The summed E-state index contributed by atoms with van der Waals surface area (Å²) in [5.41, 5.74) is 7.29. The molecule has 220 valence electrons. The highest BCUT2D eigenvalue weighted by atomic mass is 32.2. The van der Waals surface area contributed by atoms with Gasteiger partial charge in [-0.15, -0.1) is 4.72 Å². The number of aromatic carboxylic acids is 1. The predicted molar refractivity (Wildman–Crippen MR) is 145 cm³/mol. The zero-order valence-electron chi connectivity index (χ0n) is 21.8. The fourth-order valence-electron chi connectivity index (χ4n) is 4.48.